The Kier molecular flexibility index (Phi) is 11.6. The number of hydrogen-bond acceptors (Lipinski definition) is 5. The highest BCUT2D eigenvalue weighted by Gasteiger charge is 2.61. The number of aromatic nitrogens is 1. The van der Waals surface area contributed by atoms with Gasteiger partial charge in [-0.2, -0.15) is 5.26 Å². The topological polar surface area (TPSA) is 99.9 Å². The van der Waals surface area contributed by atoms with E-state index in [2.05, 4.69) is 71.8 Å². The number of hydrogen-bond donors (Lipinski definition) is 1. The third-order valence-corrected chi connectivity index (χ3v) is 12.5. The van der Waals surface area contributed by atoms with Gasteiger partial charge in [-0.1, -0.05) is 93.4 Å². The number of ketones is 2. The first kappa shape index (κ1) is 38.4. The molecule has 6 nitrogen and oxygen atoms in total. The molecule has 1 fully saturated rings. The maximum atomic E-state index is 13.4. The average molecular weight is 644 g/mol. The lowest BCUT2D eigenvalue weighted by Crippen LogP contribution is -2.55. The van der Waals surface area contributed by atoms with Crippen LogP contribution in [0.25, 0.3) is 0 Å². The number of nitrogens with one attached hydrogen (secondary N) is 1. The number of allylic oxidation sites excluding steroid dienone is 4. The Hall–Kier alpha value is -3.07. The Morgan fingerprint density at radius 1 is 1.02 bits per heavy atom. The zero-order valence-corrected chi connectivity index (χ0v) is 31.2. The molecule has 258 valence electrons. The van der Waals surface area contributed by atoms with Gasteiger partial charge in [0.1, 0.15) is 11.9 Å². The molecule has 4 atom stereocenters. The first-order chi connectivity index (χ1) is 21.7. The van der Waals surface area contributed by atoms with Crippen LogP contribution in [-0.2, 0) is 14.4 Å². The predicted octanol–water partition coefficient (Wildman–Crippen LogP) is 10.2. The predicted molar refractivity (Wildman–Crippen MR) is 191 cm³/mol. The molecule has 2 aliphatic carbocycles. The van der Waals surface area contributed by atoms with Crippen molar-refractivity contribution in [3.63, 3.8) is 0 Å². The summed E-state index contributed by atoms with van der Waals surface area (Å²) < 4.78 is 0. The maximum Gasteiger partial charge on any atom is 0.225 e. The fraction of sp³-hybridized carbons (Fsp3) is 0.683. The van der Waals surface area contributed by atoms with Gasteiger partial charge in [-0.3, -0.25) is 14.4 Å². The first-order valence-electron chi connectivity index (χ1n) is 17.8. The van der Waals surface area contributed by atoms with Crippen LogP contribution >= 0.6 is 0 Å². The van der Waals surface area contributed by atoms with Gasteiger partial charge in [0.25, 0.3) is 0 Å². The van der Waals surface area contributed by atoms with Crippen molar-refractivity contribution in [2.45, 2.75) is 140 Å². The number of carbonyl (C=O) groups excluding carboxylic acids is 3. The van der Waals surface area contributed by atoms with Crippen LogP contribution in [0.3, 0.4) is 0 Å². The number of rotatable bonds is 14. The number of nitriles is 1. The Morgan fingerprint density at radius 2 is 1.68 bits per heavy atom. The molecular formula is C41H61N3O3. The summed E-state index contributed by atoms with van der Waals surface area (Å²) in [5.41, 5.74) is -0.400. The monoisotopic (exact) mass is 643 g/mol. The van der Waals surface area contributed by atoms with Gasteiger partial charge in [0.05, 0.1) is 5.57 Å². The SMILES string of the molecule is CCCC(C)(C)CC[C@](C)(CCC(=O)Nc1ccccn1)CCC(C)(C)[C@]1(C)CC[C@H]2C(C)(C)C(=O)C(C#N)=C[C@]2(C)/C1=C/C(C)=O. The Bertz CT molecular complexity index is 1430. The number of anilines is 1. The molecule has 0 radical (unpaired) electrons. The molecule has 0 saturated heterocycles. The van der Waals surface area contributed by atoms with Crippen molar-refractivity contribution in [3.05, 3.63) is 47.7 Å². The van der Waals surface area contributed by atoms with Crippen LogP contribution in [0, 0.1) is 49.7 Å². The molecule has 0 aliphatic heterocycles. The number of carbonyl (C=O) groups is 3. The number of fused-ring (bicyclic) bond motifs is 1. The van der Waals surface area contributed by atoms with Gasteiger partial charge in [0, 0.05) is 23.4 Å². The summed E-state index contributed by atoms with van der Waals surface area (Å²) in [6, 6.07) is 7.71. The highest BCUT2D eigenvalue weighted by molar-refractivity contribution is 6.04. The summed E-state index contributed by atoms with van der Waals surface area (Å²) in [7, 11) is 0. The van der Waals surface area contributed by atoms with Crippen molar-refractivity contribution >= 4 is 23.3 Å². The summed E-state index contributed by atoms with van der Waals surface area (Å²) in [5.74, 6) is 0.459. The van der Waals surface area contributed by atoms with Crippen LogP contribution in [0.15, 0.2) is 47.7 Å². The van der Waals surface area contributed by atoms with Crippen molar-refractivity contribution in [1.82, 2.24) is 4.98 Å². The normalized spacial score (nSPS) is 26.5. The van der Waals surface area contributed by atoms with Crippen LogP contribution in [0.5, 0.6) is 0 Å². The van der Waals surface area contributed by atoms with Crippen molar-refractivity contribution in [2.24, 2.45) is 38.4 Å². The maximum absolute atomic E-state index is 13.4. The Morgan fingerprint density at radius 3 is 2.26 bits per heavy atom. The van der Waals surface area contributed by atoms with Crippen molar-refractivity contribution in [2.75, 3.05) is 5.32 Å². The smallest absolute Gasteiger partial charge is 0.225 e. The molecule has 3 rings (SSSR count). The standard InChI is InChI=1S/C41H61N3O3/c1-12-18-36(3,4)21-23-39(9,19-17-34(46)44-33-15-13-14-25-43-33)24-22-37(5,6)41(11)20-16-31-38(7,8)35(47)30(28-42)27-40(31,10)32(41)26-29(2)45/h13-15,25-27,31H,12,16-24H2,1-11H3,(H,43,44,46)/b32-26-/t31-,39-,40-,41+/m0/s1. The second kappa shape index (κ2) is 14.2. The number of Topliss-reactive ketones (excluding diaryl/α,β-unsaturated/α-hetero) is 1. The van der Waals surface area contributed by atoms with E-state index in [1.54, 1.807) is 13.1 Å². The highest BCUT2D eigenvalue weighted by atomic mass is 16.1. The number of pyridine rings is 1. The van der Waals surface area contributed by atoms with E-state index in [1.165, 1.54) is 6.42 Å². The summed E-state index contributed by atoms with van der Waals surface area (Å²) in [4.78, 5) is 43.6. The van der Waals surface area contributed by atoms with Crippen molar-refractivity contribution < 1.29 is 14.4 Å². The van der Waals surface area contributed by atoms with Crippen molar-refractivity contribution in [1.29, 1.82) is 5.26 Å². The Labute approximate surface area is 285 Å². The average Bonchev–Trinajstić information content (AvgIpc) is 2.98. The molecule has 1 amide bonds. The third-order valence-electron chi connectivity index (χ3n) is 12.5. The third kappa shape index (κ3) is 8.33. The highest BCUT2D eigenvalue weighted by Crippen LogP contribution is 2.67. The van der Waals surface area contributed by atoms with Gasteiger partial charge >= 0.3 is 0 Å². The van der Waals surface area contributed by atoms with Crippen LogP contribution in [-0.4, -0.2) is 22.5 Å². The molecule has 1 heterocycles. The molecule has 0 bridgehead atoms. The zero-order chi connectivity index (χ0) is 35.5. The zero-order valence-electron chi connectivity index (χ0n) is 31.2. The van der Waals surface area contributed by atoms with Gasteiger partial charge in [-0.15, -0.1) is 0 Å². The minimum Gasteiger partial charge on any atom is -0.311 e. The largest absolute Gasteiger partial charge is 0.311 e. The summed E-state index contributed by atoms with van der Waals surface area (Å²) >= 11 is 0. The van der Waals surface area contributed by atoms with Gasteiger partial charge in [-0.05, 0) is 104 Å². The van der Waals surface area contributed by atoms with E-state index in [4.69, 9.17) is 0 Å². The van der Waals surface area contributed by atoms with Crippen LogP contribution in [0.4, 0.5) is 5.82 Å². The molecule has 0 spiro atoms. The molecule has 1 aromatic rings. The molecule has 0 unspecified atom stereocenters. The molecule has 2 aliphatic rings. The van der Waals surface area contributed by atoms with E-state index >= 15 is 0 Å². The molecule has 1 N–H and O–H groups in total. The lowest BCUT2D eigenvalue weighted by molar-refractivity contribution is -0.131. The number of amides is 1. The molecule has 0 aromatic carbocycles. The molecule has 6 heteroatoms. The van der Waals surface area contributed by atoms with E-state index in [1.807, 2.05) is 44.2 Å². The fourth-order valence-corrected chi connectivity index (χ4v) is 8.88. The molecule has 47 heavy (non-hydrogen) atoms. The summed E-state index contributed by atoms with van der Waals surface area (Å²) in [6.45, 7) is 23.9. The van der Waals surface area contributed by atoms with E-state index < -0.39 is 10.8 Å². The van der Waals surface area contributed by atoms with Crippen LogP contribution < -0.4 is 5.32 Å². The number of nitrogens with zero attached hydrogens (tertiary/aromatic N) is 2. The summed E-state index contributed by atoms with van der Waals surface area (Å²) in [5, 5.41) is 13.0. The second-order valence-corrected chi connectivity index (χ2v) is 17.5. The first-order valence-corrected chi connectivity index (χ1v) is 17.8. The van der Waals surface area contributed by atoms with Crippen molar-refractivity contribution in [3.8, 4) is 6.07 Å². The van der Waals surface area contributed by atoms with Gasteiger partial charge in [-0.25, -0.2) is 4.98 Å². The minimum absolute atomic E-state index is 0.00208. The van der Waals surface area contributed by atoms with E-state index in [0.29, 0.717) is 12.2 Å². The second-order valence-electron chi connectivity index (χ2n) is 17.5. The quantitative estimate of drug-likeness (QED) is 0.203. The Balaban J connectivity index is 1.94. The van der Waals surface area contributed by atoms with Gasteiger partial charge < -0.3 is 5.32 Å². The molecule has 1 saturated carbocycles. The molecular weight excluding hydrogens is 582 g/mol. The van der Waals surface area contributed by atoms with E-state index in [9.17, 15) is 19.6 Å². The fourth-order valence-electron chi connectivity index (χ4n) is 8.88. The van der Waals surface area contributed by atoms with Crippen LogP contribution in [0.2, 0.25) is 0 Å². The van der Waals surface area contributed by atoms with E-state index in [-0.39, 0.29) is 50.6 Å². The minimum atomic E-state index is -0.699. The lowest BCUT2D eigenvalue weighted by atomic mass is 9.42. The van der Waals surface area contributed by atoms with Gasteiger partial charge in [0.15, 0.2) is 11.6 Å². The molecule has 1 aromatic heterocycles. The van der Waals surface area contributed by atoms with Crippen LogP contribution in [0.1, 0.15) is 140 Å². The lowest BCUT2D eigenvalue weighted by Gasteiger charge is -2.61. The summed E-state index contributed by atoms with van der Waals surface area (Å²) in [6.07, 6.45) is 14.6. The van der Waals surface area contributed by atoms with E-state index in [0.717, 1.165) is 56.9 Å². The van der Waals surface area contributed by atoms with Gasteiger partial charge in [0.2, 0.25) is 5.91 Å².